The van der Waals surface area contributed by atoms with Crippen molar-refractivity contribution < 1.29 is 13.2 Å². The third kappa shape index (κ3) is 2.80. The van der Waals surface area contributed by atoms with Gasteiger partial charge in [0.2, 0.25) is 10.0 Å². The van der Waals surface area contributed by atoms with E-state index < -0.39 is 10.0 Å². The standard InChI is InChI=1S/C15H15N3O3S/c1-22(20,21)18-8-6-11-9-13(4-5-14(11)18)17-15(19)12-3-2-7-16-10-12/h2-5,7,9-10H,6,8H2,1H3,(H,17,19). The maximum Gasteiger partial charge on any atom is 0.257 e. The Balaban J connectivity index is 1.83. The monoisotopic (exact) mass is 317 g/mol. The molecule has 1 aromatic carbocycles. The molecule has 0 fully saturated rings. The van der Waals surface area contributed by atoms with Crippen LogP contribution in [0.25, 0.3) is 0 Å². The molecule has 7 heteroatoms. The zero-order chi connectivity index (χ0) is 15.7. The normalized spacial score (nSPS) is 13.8. The van der Waals surface area contributed by atoms with Crippen LogP contribution >= 0.6 is 0 Å². The van der Waals surface area contributed by atoms with Crippen molar-refractivity contribution in [1.29, 1.82) is 0 Å². The van der Waals surface area contributed by atoms with Crippen LogP contribution in [0.4, 0.5) is 11.4 Å². The number of carbonyl (C=O) groups is 1. The third-order valence-electron chi connectivity index (χ3n) is 3.51. The number of nitrogens with zero attached hydrogens (tertiary/aromatic N) is 2. The molecule has 22 heavy (non-hydrogen) atoms. The quantitative estimate of drug-likeness (QED) is 0.933. The highest BCUT2D eigenvalue weighted by Gasteiger charge is 2.26. The number of pyridine rings is 1. The van der Waals surface area contributed by atoms with Gasteiger partial charge >= 0.3 is 0 Å². The molecule has 0 unspecified atom stereocenters. The Morgan fingerprint density at radius 3 is 2.82 bits per heavy atom. The molecular weight excluding hydrogens is 302 g/mol. The van der Waals surface area contributed by atoms with Crippen molar-refractivity contribution in [1.82, 2.24) is 4.98 Å². The summed E-state index contributed by atoms with van der Waals surface area (Å²) < 4.78 is 24.8. The second-order valence-corrected chi connectivity index (χ2v) is 7.03. The van der Waals surface area contributed by atoms with E-state index in [9.17, 15) is 13.2 Å². The fourth-order valence-corrected chi connectivity index (χ4v) is 3.45. The Bertz CT molecular complexity index is 819. The van der Waals surface area contributed by atoms with Crippen molar-refractivity contribution in [2.24, 2.45) is 0 Å². The predicted octanol–water partition coefficient (Wildman–Crippen LogP) is 1.66. The zero-order valence-electron chi connectivity index (χ0n) is 12.0. The van der Waals surface area contributed by atoms with Crippen LogP contribution in [0.5, 0.6) is 0 Å². The van der Waals surface area contributed by atoms with E-state index in [0.29, 0.717) is 29.9 Å². The number of anilines is 2. The van der Waals surface area contributed by atoms with E-state index >= 15 is 0 Å². The summed E-state index contributed by atoms with van der Waals surface area (Å²) in [6, 6.07) is 8.62. The average Bonchev–Trinajstić information content (AvgIpc) is 2.91. The number of amides is 1. The third-order valence-corrected chi connectivity index (χ3v) is 4.69. The molecule has 0 atom stereocenters. The summed E-state index contributed by atoms with van der Waals surface area (Å²) in [6.45, 7) is 0.439. The molecule has 6 nitrogen and oxygen atoms in total. The summed E-state index contributed by atoms with van der Waals surface area (Å²) in [7, 11) is -3.26. The fourth-order valence-electron chi connectivity index (χ4n) is 2.49. The Hall–Kier alpha value is -2.41. The van der Waals surface area contributed by atoms with Crippen LogP contribution < -0.4 is 9.62 Å². The maximum absolute atomic E-state index is 12.1. The first kappa shape index (κ1) is 14.5. The Morgan fingerprint density at radius 2 is 2.14 bits per heavy atom. The van der Waals surface area contributed by atoms with E-state index in [1.807, 2.05) is 6.07 Å². The van der Waals surface area contributed by atoms with E-state index in [-0.39, 0.29) is 5.91 Å². The van der Waals surface area contributed by atoms with Gasteiger partial charge in [-0.25, -0.2) is 8.42 Å². The molecule has 114 valence electrons. The Morgan fingerprint density at radius 1 is 1.32 bits per heavy atom. The molecule has 1 amide bonds. The largest absolute Gasteiger partial charge is 0.322 e. The number of hydrogen-bond donors (Lipinski definition) is 1. The first-order valence-electron chi connectivity index (χ1n) is 6.77. The van der Waals surface area contributed by atoms with Crippen molar-refractivity contribution >= 4 is 27.3 Å². The smallest absolute Gasteiger partial charge is 0.257 e. The molecule has 0 aliphatic carbocycles. The SMILES string of the molecule is CS(=O)(=O)N1CCc2cc(NC(=O)c3cccnc3)ccc21. The maximum atomic E-state index is 12.1. The van der Waals surface area contributed by atoms with Gasteiger partial charge in [0.25, 0.3) is 5.91 Å². The van der Waals surface area contributed by atoms with Crippen LogP contribution in [0, 0.1) is 0 Å². The predicted molar refractivity (Wildman–Crippen MR) is 84.5 cm³/mol. The van der Waals surface area contributed by atoms with Gasteiger partial charge in [-0.05, 0) is 42.3 Å². The minimum absolute atomic E-state index is 0.244. The Kier molecular flexibility index (Phi) is 3.58. The molecule has 0 spiro atoms. The van der Waals surface area contributed by atoms with Crippen LogP contribution in [0.15, 0.2) is 42.7 Å². The molecule has 1 aliphatic heterocycles. The summed E-state index contributed by atoms with van der Waals surface area (Å²) in [5, 5.41) is 2.79. The number of benzene rings is 1. The number of fused-ring (bicyclic) bond motifs is 1. The van der Waals surface area contributed by atoms with Crippen molar-refractivity contribution in [2.75, 3.05) is 22.4 Å². The molecule has 1 aromatic heterocycles. The highest BCUT2D eigenvalue weighted by atomic mass is 32.2. The van der Waals surface area contributed by atoms with Gasteiger partial charge in [0, 0.05) is 24.6 Å². The summed E-state index contributed by atoms with van der Waals surface area (Å²) >= 11 is 0. The minimum Gasteiger partial charge on any atom is -0.322 e. The van der Waals surface area contributed by atoms with Gasteiger partial charge in [-0.15, -0.1) is 0 Å². The van der Waals surface area contributed by atoms with Crippen LogP contribution in [-0.4, -0.2) is 32.1 Å². The number of aromatic nitrogens is 1. The van der Waals surface area contributed by atoms with Crippen LogP contribution in [0.3, 0.4) is 0 Å². The average molecular weight is 317 g/mol. The molecule has 3 rings (SSSR count). The van der Waals surface area contributed by atoms with Crippen LogP contribution in [0.2, 0.25) is 0 Å². The van der Waals surface area contributed by atoms with Crippen molar-refractivity contribution in [3.05, 3.63) is 53.9 Å². The van der Waals surface area contributed by atoms with Crippen molar-refractivity contribution in [2.45, 2.75) is 6.42 Å². The van der Waals surface area contributed by atoms with E-state index in [1.165, 1.54) is 16.8 Å². The van der Waals surface area contributed by atoms with E-state index in [1.54, 1.807) is 30.5 Å². The molecule has 1 aliphatic rings. The van der Waals surface area contributed by atoms with Crippen molar-refractivity contribution in [3.63, 3.8) is 0 Å². The summed E-state index contributed by atoms with van der Waals surface area (Å²) in [5.41, 5.74) is 2.71. The van der Waals surface area contributed by atoms with Gasteiger partial charge in [-0.3, -0.25) is 14.1 Å². The molecular formula is C15H15N3O3S. The lowest BCUT2D eigenvalue weighted by Gasteiger charge is -2.16. The molecule has 1 N–H and O–H groups in total. The van der Waals surface area contributed by atoms with Gasteiger partial charge in [-0.2, -0.15) is 0 Å². The number of rotatable bonds is 3. The first-order valence-corrected chi connectivity index (χ1v) is 8.62. The lowest BCUT2D eigenvalue weighted by atomic mass is 10.1. The van der Waals surface area contributed by atoms with Gasteiger partial charge < -0.3 is 5.32 Å². The first-order chi connectivity index (χ1) is 10.4. The molecule has 0 bridgehead atoms. The molecule has 0 radical (unpaired) electrons. The minimum atomic E-state index is -3.26. The highest BCUT2D eigenvalue weighted by Crippen LogP contribution is 2.32. The highest BCUT2D eigenvalue weighted by molar-refractivity contribution is 7.92. The number of sulfonamides is 1. The topological polar surface area (TPSA) is 79.4 Å². The second kappa shape index (κ2) is 5.42. The molecule has 2 aromatic rings. The number of carbonyl (C=O) groups excluding carboxylic acids is 1. The lowest BCUT2D eigenvalue weighted by molar-refractivity contribution is 0.102. The van der Waals surface area contributed by atoms with Crippen LogP contribution in [0.1, 0.15) is 15.9 Å². The zero-order valence-corrected chi connectivity index (χ0v) is 12.8. The molecule has 0 saturated carbocycles. The molecule has 2 heterocycles. The van der Waals surface area contributed by atoms with Gasteiger partial charge in [-0.1, -0.05) is 0 Å². The van der Waals surface area contributed by atoms with Crippen molar-refractivity contribution in [3.8, 4) is 0 Å². The molecule has 0 saturated heterocycles. The number of nitrogens with one attached hydrogen (secondary N) is 1. The fraction of sp³-hybridized carbons (Fsp3) is 0.200. The number of hydrogen-bond acceptors (Lipinski definition) is 4. The van der Waals surface area contributed by atoms with Gasteiger partial charge in [0.05, 0.1) is 17.5 Å². The summed E-state index contributed by atoms with van der Waals surface area (Å²) in [5.74, 6) is -0.244. The summed E-state index contributed by atoms with van der Waals surface area (Å²) in [6.07, 6.45) is 4.93. The van der Waals surface area contributed by atoms with Gasteiger partial charge in [0.15, 0.2) is 0 Å². The summed E-state index contributed by atoms with van der Waals surface area (Å²) in [4.78, 5) is 16.0. The van der Waals surface area contributed by atoms with E-state index in [2.05, 4.69) is 10.3 Å². The van der Waals surface area contributed by atoms with E-state index in [4.69, 9.17) is 0 Å². The van der Waals surface area contributed by atoms with Gasteiger partial charge in [0.1, 0.15) is 0 Å². The van der Waals surface area contributed by atoms with E-state index in [0.717, 1.165) is 5.56 Å². The Labute approximate surface area is 128 Å². The lowest BCUT2D eigenvalue weighted by Crippen LogP contribution is -2.27. The second-order valence-electron chi connectivity index (χ2n) is 5.12. The van der Waals surface area contributed by atoms with Crippen LogP contribution in [-0.2, 0) is 16.4 Å².